The van der Waals surface area contributed by atoms with Crippen molar-refractivity contribution < 1.29 is 51.3 Å². The molecule has 5 aliphatic rings. The number of hydrogen-bond donors (Lipinski definition) is 4. The zero-order valence-electron chi connectivity index (χ0n) is 40.6. The number of aryl methyl sites for hydroxylation is 1. The number of carbonyl (C=O) groups excluding carboxylic acids is 4. The van der Waals surface area contributed by atoms with Crippen LogP contribution in [-0.2, 0) is 27.0 Å². The van der Waals surface area contributed by atoms with Crippen LogP contribution in [0.3, 0.4) is 0 Å². The summed E-state index contributed by atoms with van der Waals surface area (Å²) in [6.07, 6.45) is 4.31. The van der Waals surface area contributed by atoms with Crippen LogP contribution in [0.5, 0.6) is 11.5 Å². The standard InChI is InChI=1S/C54H58ClF4N7O7/c1-28-42-40(23-38(57)46(55)45(42)44-34(51(60)69)12-14-39(47(44)58)72-21-20-67)73-54(28,32-6-4-3-5-7-32)27-61-33-10-8-31(9-11-33)53(71)66-25-29(26-66)24-65-18-16-30(17-19-65)43-37(56)22-36-49(63-64(2)50(36)48(43)59)35-13-15-41(68)62-52(35)70/h3-7,12,14,22-23,28-31,33,35,61,67H,8-11,13,15-21,24-27H2,1-2H3,(H2,60,69)(H,62,68,70). The highest BCUT2D eigenvalue weighted by Gasteiger charge is 2.51. The Morgan fingerprint density at radius 3 is 2.36 bits per heavy atom. The van der Waals surface area contributed by atoms with Crippen LogP contribution in [0, 0.1) is 35.1 Å². The molecule has 0 spiro atoms. The first-order chi connectivity index (χ1) is 35.1. The zero-order valence-corrected chi connectivity index (χ0v) is 41.4. The average Bonchev–Trinajstić information content (AvgIpc) is 3.84. The third-order valence-electron chi connectivity index (χ3n) is 16.0. The third-order valence-corrected chi connectivity index (χ3v) is 16.4. The zero-order chi connectivity index (χ0) is 51.5. The Kier molecular flexibility index (Phi) is 14.0. The van der Waals surface area contributed by atoms with Crippen LogP contribution >= 0.6 is 11.6 Å². The Balaban J connectivity index is 0.747. The summed E-state index contributed by atoms with van der Waals surface area (Å²) < 4.78 is 77.9. The Morgan fingerprint density at radius 1 is 0.945 bits per heavy atom. The molecule has 4 amide bonds. The number of rotatable bonds is 14. The molecule has 386 valence electrons. The quantitative estimate of drug-likeness (QED) is 0.0651. The van der Waals surface area contributed by atoms with E-state index in [1.807, 2.05) is 42.2 Å². The summed E-state index contributed by atoms with van der Waals surface area (Å²) in [5, 5.41) is 19.6. The maximum atomic E-state index is 16.5. The number of nitrogens with two attached hydrogens (primary N) is 1. The topological polar surface area (TPSA) is 181 Å². The van der Waals surface area contributed by atoms with Gasteiger partial charge < -0.3 is 35.4 Å². The minimum Gasteiger partial charge on any atom is -0.488 e. The minimum absolute atomic E-state index is 0.0265. The Morgan fingerprint density at radius 2 is 1.67 bits per heavy atom. The summed E-state index contributed by atoms with van der Waals surface area (Å²) in [6, 6.07) is 14.4. The Labute approximate surface area is 424 Å². The molecule has 5 aromatic rings. The number of imide groups is 1. The molecule has 3 unspecified atom stereocenters. The van der Waals surface area contributed by atoms with Crippen LogP contribution in [0.25, 0.3) is 22.0 Å². The van der Waals surface area contributed by atoms with Gasteiger partial charge in [0.05, 0.1) is 28.8 Å². The number of aliphatic hydroxyl groups excluding tert-OH is 1. The van der Waals surface area contributed by atoms with E-state index in [4.69, 9.17) is 26.8 Å². The molecule has 4 aromatic carbocycles. The highest BCUT2D eigenvalue weighted by atomic mass is 35.5. The number of amides is 4. The van der Waals surface area contributed by atoms with Gasteiger partial charge in [-0.15, -0.1) is 0 Å². The van der Waals surface area contributed by atoms with Gasteiger partial charge in [-0.1, -0.05) is 48.9 Å². The number of carbonyl (C=O) groups is 4. The summed E-state index contributed by atoms with van der Waals surface area (Å²) >= 11 is 6.71. The molecule has 0 radical (unpaired) electrons. The van der Waals surface area contributed by atoms with Gasteiger partial charge in [0, 0.05) is 97.1 Å². The summed E-state index contributed by atoms with van der Waals surface area (Å²) in [5.74, 6) is -6.55. The van der Waals surface area contributed by atoms with E-state index in [1.165, 1.54) is 28.9 Å². The molecule has 19 heteroatoms. The molecule has 4 fully saturated rings. The summed E-state index contributed by atoms with van der Waals surface area (Å²) in [5.41, 5.74) is 5.59. The number of nitrogens with zero attached hydrogens (tertiary/aromatic N) is 4. The molecule has 4 aliphatic heterocycles. The Bertz CT molecular complexity index is 2990. The van der Waals surface area contributed by atoms with Crippen LogP contribution in [0.2, 0.25) is 5.02 Å². The van der Waals surface area contributed by atoms with Gasteiger partial charge in [-0.3, -0.25) is 29.2 Å². The number of fused-ring (bicyclic) bond motifs is 2. The van der Waals surface area contributed by atoms with Gasteiger partial charge in [-0.05, 0) is 87.7 Å². The number of primary amides is 1. The SMILES string of the molecule is CC1c2c(cc(F)c(Cl)c2-c2c(C(N)=O)ccc(OCCO)c2F)OC1(CNC1CCC(C(=O)N2CC(CN3CCC(c4c(F)cc5c(C6CCC(=O)NC6=O)nn(C)c5c4F)CC3)C2)CC1)c1ccccc1. The first-order valence-electron chi connectivity index (χ1n) is 25.1. The van der Waals surface area contributed by atoms with Crippen molar-refractivity contribution in [3.8, 4) is 22.6 Å². The minimum atomic E-state index is -1.13. The number of halogens is 5. The van der Waals surface area contributed by atoms with Crippen molar-refractivity contribution in [3.05, 3.63) is 111 Å². The van der Waals surface area contributed by atoms with Crippen molar-refractivity contribution in [1.82, 2.24) is 30.2 Å². The molecule has 1 saturated carbocycles. The average molecular weight is 1030 g/mol. The largest absolute Gasteiger partial charge is 0.488 e. The molecule has 1 aliphatic carbocycles. The van der Waals surface area contributed by atoms with Gasteiger partial charge in [0.15, 0.2) is 23.0 Å². The maximum absolute atomic E-state index is 16.5. The highest BCUT2D eigenvalue weighted by molar-refractivity contribution is 6.34. The van der Waals surface area contributed by atoms with E-state index in [2.05, 4.69) is 20.6 Å². The molecule has 5 N–H and O–H groups in total. The second-order valence-corrected chi connectivity index (χ2v) is 20.8. The molecule has 3 atom stereocenters. The summed E-state index contributed by atoms with van der Waals surface area (Å²) in [4.78, 5) is 55.2. The smallest absolute Gasteiger partial charge is 0.249 e. The maximum Gasteiger partial charge on any atom is 0.249 e. The van der Waals surface area contributed by atoms with Crippen molar-refractivity contribution in [2.24, 2.45) is 24.6 Å². The predicted octanol–water partition coefficient (Wildman–Crippen LogP) is 7.32. The number of ether oxygens (including phenoxy) is 2. The number of aromatic nitrogens is 2. The van der Waals surface area contributed by atoms with Gasteiger partial charge in [0.25, 0.3) is 0 Å². The van der Waals surface area contributed by atoms with Gasteiger partial charge >= 0.3 is 0 Å². The number of nitrogens with one attached hydrogen (secondary N) is 2. The van der Waals surface area contributed by atoms with Crippen molar-refractivity contribution in [3.63, 3.8) is 0 Å². The summed E-state index contributed by atoms with van der Waals surface area (Å²) in [7, 11) is 1.58. The first-order valence-corrected chi connectivity index (χ1v) is 25.5. The van der Waals surface area contributed by atoms with Gasteiger partial charge in [0.2, 0.25) is 23.6 Å². The van der Waals surface area contributed by atoms with Crippen molar-refractivity contribution in [1.29, 1.82) is 0 Å². The Hall–Kier alpha value is -6.08. The van der Waals surface area contributed by atoms with E-state index in [1.54, 1.807) is 7.05 Å². The fourth-order valence-electron chi connectivity index (χ4n) is 12.2. The summed E-state index contributed by atoms with van der Waals surface area (Å²) in [6.45, 7) is 4.94. The van der Waals surface area contributed by atoms with Crippen molar-refractivity contribution in [2.45, 2.75) is 87.7 Å². The van der Waals surface area contributed by atoms with E-state index in [-0.39, 0.29) is 106 Å². The normalized spacial score (nSPS) is 23.8. The molecule has 14 nitrogen and oxygen atoms in total. The molecule has 0 bridgehead atoms. The first kappa shape index (κ1) is 50.5. The molecule has 1 aromatic heterocycles. The van der Waals surface area contributed by atoms with Crippen molar-refractivity contribution in [2.75, 3.05) is 52.5 Å². The van der Waals surface area contributed by atoms with E-state index in [9.17, 15) is 24.3 Å². The second-order valence-electron chi connectivity index (χ2n) is 20.4. The number of piperidine rings is 2. The van der Waals surface area contributed by atoms with Gasteiger partial charge in [-0.25, -0.2) is 17.6 Å². The molecule has 10 rings (SSSR count). The fraction of sp³-hybridized carbons (Fsp3) is 0.463. The number of benzene rings is 4. The molecule has 3 saturated heterocycles. The number of aliphatic hydroxyl groups is 1. The highest BCUT2D eigenvalue weighted by Crippen LogP contribution is 2.57. The fourth-order valence-corrected chi connectivity index (χ4v) is 12.5. The van der Waals surface area contributed by atoms with Crippen LogP contribution in [0.1, 0.15) is 109 Å². The van der Waals surface area contributed by atoms with E-state index >= 15 is 17.6 Å². The second kappa shape index (κ2) is 20.3. The van der Waals surface area contributed by atoms with Crippen LogP contribution in [0.15, 0.2) is 54.6 Å². The molecular weight excluding hydrogens is 970 g/mol. The van der Waals surface area contributed by atoms with Crippen LogP contribution in [-0.4, -0.2) is 107 Å². The van der Waals surface area contributed by atoms with E-state index < -0.39 is 64.1 Å². The molecule has 73 heavy (non-hydrogen) atoms. The molecular formula is C54H58ClF4N7O7. The van der Waals surface area contributed by atoms with E-state index in [0.717, 1.165) is 24.9 Å². The lowest BCUT2D eigenvalue weighted by Gasteiger charge is -2.45. The van der Waals surface area contributed by atoms with Crippen LogP contribution < -0.4 is 25.8 Å². The lowest BCUT2D eigenvalue weighted by molar-refractivity contribution is -0.143. The lowest BCUT2D eigenvalue weighted by Crippen LogP contribution is -2.56. The number of likely N-dealkylation sites (tertiary alicyclic amines) is 2. The van der Waals surface area contributed by atoms with Gasteiger partial charge in [-0.2, -0.15) is 5.10 Å². The molecule has 5 heterocycles. The number of hydrogen-bond acceptors (Lipinski definition) is 10. The van der Waals surface area contributed by atoms with E-state index in [0.29, 0.717) is 63.3 Å². The lowest BCUT2D eigenvalue weighted by atomic mass is 9.77. The third kappa shape index (κ3) is 9.22. The monoisotopic (exact) mass is 1030 g/mol. The van der Waals surface area contributed by atoms with Gasteiger partial charge in [0.1, 0.15) is 29.5 Å². The predicted molar refractivity (Wildman–Crippen MR) is 263 cm³/mol. The van der Waals surface area contributed by atoms with Crippen LogP contribution in [0.4, 0.5) is 17.6 Å². The van der Waals surface area contributed by atoms with Crippen molar-refractivity contribution >= 4 is 46.1 Å².